The smallest absolute Gasteiger partial charge is 0.287 e. The Kier molecular flexibility index (Phi) is 3.60. The Morgan fingerprint density at radius 2 is 2.26 bits per heavy atom. The lowest BCUT2D eigenvalue weighted by Crippen LogP contribution is -2.46. The molecule has 2 aliphatic rings. The Morgan fingerprint density at radius 1 is 1.37 bits per heavy atom. The van der Waals surface area contributed by atoms with Crippen LogP contribution in [0, 0.1) is 0 Å². The van der Waals surface area contributed by atoms with Crippen LogP contribution >= 0.6 is 0 Å². The second kappa shape index (κ2) is 5.37. The molecule has 2 atom stereocenters. The molecule has 0 bridgehead atoms. The van der Waals surface area contributed by atoms with Gasteiger partial charge in [0.1, 0.15) is 5.76 Å². The second-order valence-electron chi connectivity index (χ2n) is 5.59. The highest BCUT2D eigenvalue weighted by Gasteiger charge is 2.36. The monoisotopic (exact) mass is 262 g/mol. The molecule has 3 heterocycles. The molecule has 19 heavy (non-hydrogen) atoms. The van der Waals surface area contributed by atoms with Crippen molar-refractivity contribution in [3.8, 4) is 0 Å². The Morgan fingerprint density at radius 3 is 3.05 bits per heavy atom. The normalized spacial score (nSPS) is 27.2. The first-order valence-corrected chi connectivity index (χ1v) is 7.41. The molecule has 0 aliphatic carbocycles. The van der Waals surface area contributed by atoms with Gasteiger partial charge in [0.05, 0.1) is 0 Å². The summed E-state index contributed by atoms with van der Waals surface area (Å²) < 4.78 is 5.52. The maximum absolute atomic E-state index is 12.2. The molecule has 104 valence electrons. The first-order chi connectivity index (χ1) is 9.28. The first kappa shape index (κ1) is 12.7. The molecule has 0 saturated carbocycles. The van der Waals surface area contributed by atoms with E-state index >= 15 is 0 Å². The van der Waals surface area contributed by atoms with E-state index in [9.17, 15) is 4.79 Å². The maximum atomic E-state index is 12.2. The highest BCUT2D eigenvalue weighted by molar-refractivity contribution is 5.91. The molecule has 2 saturated heterocycles. The van der Waals surface area contributed by atoms with Crippen LogP contribution in [-0.2, 0) is 6.42 Å². The molecule has 1 aromatic heterocycles. The van der Waals surface area contributed by atoms with Gasteiger partial charge in [-0.15, -0.1) is 0 Å². The number of nitrogens with one attached hydrogen (secondary N) is 1. The van der Waals surface area contributed by atoms with E-state index in [1.54, 1.807) is 6.07 Å². The zero-order valence-corrected chi connectivity index (χ0v) is 11.5. The summed E-state index contributed by atoms with van der Waals surface area (Å²) in [6.07, 6.45) is 5.69. The van der Waals surface area contributed by atoms with E-state index in [1.807, 2.05) is 13.0 Å². The average molecular weight is 262 g/mol. The fourth-order valence-corrected chi connectivity index (χ4v) is 3.35. The third kappa shape index (κ3) is 2.54. The Hall–Kier alpha value is -1.29. The van der Waals surface area contributed by atoms with Crippen LogP contribution in [0.3, 0.4) is 0 Å². The summed E-state index contributed by atoms with van der Waals surface area (Å²) in [5.74, 6) is 1.26. The van der Waals surface area contributed by atoms with Crippen molar-refractivity contribution in [3.05, 3.63) is 23.7 Å². The van der Waals surface area contributed by atoms with E-state index < -0.39 is 0 Å². The van der Waals surface area contributed by atoms with Crippen molar-refractivity contribution in [2.75, 3.05) is 13.1 Å². The molecule has 2 aliphatic heterocycles. The summed E-state index contributed by atoms with van der Waals surface area (Å²) in [7, 11) is 0. The summed E-state index contributed by atoms with van der Waals surface area (Å²) in [6, 6.07) is 4.50. The van der Waals surface area contributed by atoms with Gasteiger partial charge in [-0.2, -0.15) is 0 Å². The van der Waals surface area contributed by atoms with E-state index in [0.29, 0.717) is 17.8 Å². The Bertz CT molecular complexity index is 455. The molecule has 0 radical (unpaired) electrons. The van der Waals surface area contributed by atoms with E-state index in [-0.39, 0.29) is 5.91 Å². The lowest BCUT2D eigenvalue weighted by atomic mass is 9.99. The van der Waals surface area contributed by atoms with Crippen molar-refractivity contribution in [1.82, 2.24) is 10.2 Å². The standard InChI is InChI=1S/C15H22N2O2/c1-2-11-6-7-14(19-11)15(18)16-12-8-10-17-9-4-3-5-13(12)17/h6-7,12-13H,2-5,8-10H2,1H3,(H,16,18)/t12-,13+/m0/s1. The lowest BCUT2D eigenvalue weighted by Gasteiger charge is -2.32. The Labute approximate surface area is 114 Å². The van der Waals surface area contributed by atoms with E-state index in [1.165, 1.54) is 25.8 Å². The summed E-state index contributed by atoms with van der Waals surface area (Å²) in [6.45, 7) is 4.34. The zero-order chi connectivity index (χ0) is 13.2. The van der Waals surface area contributed by atoms with Gasteiger partial charge in [-0.25, -0.2) is 0 Å². The minimum absolute atomic E-state index is 0.0582. The predicted octanol–water partition coefficient (Wildman–Crippen LogP) is 2.20. The van der Waals surface area contributed by atoms with Gasteiger partial charge < -0.3 is 9.73 Å². The summed E-state index contributed by atoms with van der Waals surface area (Å²) in [4.78, 5) is 14.7. The Balaban J connectivity index is 1.63. The maximum Gasteiger partial charge on any atom is 0.287 e. The molecule has 1 amide bonds. The molecule has 3 rings (SSSR count). The molecule has 4 heteroatoms. The molecule has 1 N–H and O–H groups in total. The third-order valence-electron chi connectivity index (χ3n) is 4.41. The number of carbonyl (C=O) groups excluding carboxylic acids is 1. The highest BCUT2D eigenvalue weighted by atomic mass is 16.3. The first-order valence-electron chi connectivity index (χ1n) is 7.41. The van der Waals surface area contributed by atoms with Gasteiger partial charge in [-0.05, 0) is 37.9 Å². The minimum Gasteiger partial charge on any atom is -0.456 e. The van der Waals surface area contributed by atoms with Gasteiger partial charge in [-0.1, -0.05) is 13.3 Å². The van der Waals surface area contributed by atoms with Crippen molar-refractivity contribution in [1.29, 1.82) is 0 Å². The molecule has 0 aromatic carbocycles. The van der Waals surface area contributed by atoms with Gasteiger partial charge in [-0.3, -0.25) is 9.69 Å². The van der Waals surface area contributed by atoms with Crippen LogP contribution in [0.25, 0.3) is 0 Å². The van der Waals surface area contributed by atoms with Crippen molar-refractivity contribution in [3.63, 3.8) is 0 Å². The largest absolute Gasteiger partial charge is 0.456 e. The van der Waals surface area contributed by atoms with E-state index in [2.05, 4.69) is 10.2 Å². The summed E-state index contributed by atoms with van der Waals surface area (Å²) in [5, 5.41) is 3.16. The number of piperidine rings is 1. The van der Waals surface area contributed by atoms with Gasteiger partial charge in [0.25, 0.3) is 5.91 Å². The zero-order valence-electron chi connectivity index (χ0n) is 11.5. The highest BCUT2D eigenvalue weighted by Crippen LogP contribution is 2.27. The van der Waals surface area contributed by atoms with Crippen LogP contribution < -0.4 is 5.32 Å². The van der Waals surface area contributed by atoms with Gasteiger partial charge in [0.2, 0.25) is 0 Å². The topological polar surface area (TPSA) is 45.5 Å². The van der Waals surface area contributed by atoms with Crippen LogP contribution in [0.2, 0.25) is 0 Å². The molecular weight excluding hydrogens is 240 g/mol. The van der Waals surface area contributed by atoms with E-state index in [4.69, 9.17) is 4.42 Å². The quantitative estimate of drug-likeness (QED) is 0.908. The van der Waals surface area contributed by atoms with Crippen molar-refractivity contribution < 1.29 is 9.21 Å². The lowest BCUT2D eigenvalue weighted by molar-refractivity contribution is 0.0886. The summed E-state index contributed by atoms with van der Waals surface area (Å²) >= 11 is 0. The van der Waals surface area contributed by atoms with Gasteiger partial charge >= 0.3 is 0 Å². The van der Waals surface area contributed by atoms with Gasteiger partial charge in [0.15, 0.2) is 5.76 Å². The molecule has 0 unspecified atom stereocenters. The SMILES string of the molecule is CCc1ccc(C(=O)N[C@H]2CCN3CCCC[C@H]23)o1. The average Bonchev–Trinajstić information content (AvgIpc) is 3.06. The number of rotatable bonds is 3. The molecule has 2 fully saturated rings. The van der Waals surface area contributed by atoms with E-state index in [0.717, 1.165) is 25.1 Å². The summed E-state index contributed by atoms with van der Waals surface area (Å²) in [5.41, 5.74) is 0. The van der Waals surface area contributed by atoms with Crippen LogP contribution in [0.5, 0.6) is 0 Å². The number of furan rings is 1. The number of carbonyl (C=O) groups is 1. The number of nitrogens with zero attached hydrogens (tertiary/aromatic N) is 1. The third-order valence-corrected chi connectivity index (χ3v) is 4.41. The van der Waals surface area contributed by atoms with Crippen LogP contribution in [0.15, 0.2) is 16.5 Å². The number of hydrogen-bond donors (Lipinski definition) is 1. The molecule has 4 nitrogen and oxygen atoms in total. The fraction of sp³-hybridized carbons (Fsp3) is 0.667. The number of aryl methyl sites for hydroxylation is 1. The number of amides is 1. The van der Waals surface area contributed by atoms with Crippen LogP contribution in [-0.4, -0.2) is 36.0 Å². The minimum atomic E-state index is -0.0582. The predicted molar refractivity (Wildman–Crippen MR) is 73.2 cm³/mol. The van der Waals surface area contributed by atoms with Gasteiger partial charge in [0, 0.05) is 25.0 Å². The van der Waals surface area contributed by atoms with Crippen LogP contribution in [0.1, 0.15) is 48.9 Å². The second-order valence-corrected chi connectivity index (χ2v) is 5.59. The van der Waals surface area contributed by atoms with Crippen molar-refractivity contribution in [2.24, 2.45) is 0 Å². The van der Waals surface area contributed by atoms with Crippen LogP contribution in [0.4, 0.5) is 0 Å². The molecule has 1 aromatic rings. The molecule has 0 spiro atoms. The van der Waals surface area contributed by atoms with Crippen molar-refractivity contribution >= 4 is 5.91 Å². The fourth-order valence-electron chi connectivity index (χ4n) is 3.35. The number of hydrogen-bond acceptors (Lipinski definition) is 3. The number of fused-ring (bicyclic) bond motifs is 1. The molecular formula is C15H22N2O2. The van der Waals surface area contributed by atoms with Crippen molar-refractivity contribution in [2.45, 2.75) is 51.1 Å².